The van der Waals surface area contributed by atoms with Gasteiger partial charge in [0.25, 0.3) is 0 Å². The number of nitrogens with one attached hydrogen (secondary N) is 2. The molecule has 6 aromatic rings. The van der Waals surface area contributed by atoms with E-state index in [4.69, 9.17) is 26.3 Å². The zero-order valence-electron chi connectivity index (χ0n) is 33.2. The molecule has 0 spiro atoms. The number of halogens is 5. The fourth-order valence-electron chi connectivity index (χ4n) is 7.53. The number of aromatic nitrogens is 7. The number of imidazole rings is 1. The molecule has 2 aliphatic rings. The summed E-state index contributed by atoms with van der Waals surface area (Å²) in [6, 6.07) is 10.2. The van der Waals surface area contributed by atoms with Crippen molar-refractivity contribution in [1.29, 1.82) is 0 Å². The van der Waals surface area contributed by atoms with Gasteiger partial charge in [-0.1, -0.05) is 39.8 Å². The van der Waals surface area contributed by atoms with Gasteiger partial charge in [-0.15, -0.1) is 0 Å². The number of rotatable bonds is 8. The minimum atomic E-state index is -0.897. The lowest BCUT2D eigenvalue weighted by atomic mass is 9.88. The molecule has 0 aliphatic carbocycles. The van der Waals surface area contributed by atoms with Crippen molar-refractivity contribution in [2.45, 2.75) is 51.9 Å². The maximum Gasteiger partial charge on any atom is 0.226 e. The molecule has 0 saturated carbocycles. The number of hydrogen-bond donors (Lipinski definition) is 2. The summed E-state index contributed by atoms with van der Waals surface area (Å²) in [6.07, 6.45) is 5.67. The van der Waals surface area contributed by atoms with E-state index in [0.717, 1.165) is 34.5 Å². The van der Waals surface area contributed by atoms with Crippen molar-refractivity contribution >= 4 is 46.2 Å². The molecule has 0 fully saturated rings. The van der Waals surface area contributed by atoms with Crippen LogP contribution in [0.1, 0.15) is 55.9 Å². The number of ether oxygens (including phenoxy) is 1. The molecular weight excluding hydrogens is 774 g/mol. The van der Waals surface area contributed by atoms with E-state index < -0.39 is 23.3 Å². The Morgan fingerprint density at radius 1 is 0.759 bits per heavy atom. The lowest BCUT2D eigenvalue weighted by Gasteiger charge is -2.22. The summed E-state index contributed by atoms with van der Waals surface area (Å²) < 4.78 is 64.0. The number of methoxy groups -OCH3 is 1. The van der Waals surface area contributed by atoms with Gasteiger partial charge in [-0.2, -0.15) is 4.98 Å². The van der Waals surface area contributed by atoms with Crippen molar-refractivity contribution in [1.82, 2.24) is 34.5 Å². The van der Waals surface area contributed by atoms with Gasteiger partial charge in [0.05, 0.1) is 24.2 Å². The lowest BCUT2D eigenvalue weighted by Crippen LogP contribution is -2.26. The van der Waals surface area contributed by atoms with Crippen molar-refractivity contribution in [3.8, 4) is 11.6 Å². The first-order valence-corrected chi connectivity index (χ1v) is 18.8. The molecule has 58 heavy (non-hydrogen) atoms. The summed E-state index contributed by atoms with van der Waals surface area (Å²) in [5.41, 5.74) is 2.98. The number of nitrogens with zero attached hydrogens (tertiary/aromatic N) is 9. The minimum Gasteiger partial charge on any atom is -0.493 e. The van der Waals surface area contributed by atoms with Crippen LogP contribution in [0.15, 0.2) is 61.2 Å². The second-order valence-corrected chi connectivity index (χ2v) is 15.6. The molecule has 0 amide bonds. The van der Waals surface area contributed by atoms with Gasteiger partial charge >= 0.3 is 0 Å². The Morgan fingerprint density at radius 3 is 1.83 bits per heavy atom. The van der Waals surface area contributed by atoms with Crippen LogP contribution in [0.5, 0.6) is 5.75 Å². The number of pyridine rings is 1. The molecule has 0 saturated heterocycles. The van der Waals surface area contributed by atoms with Crippen molar-refractivity contribution < 1.29 is 22.3 Å². The van der Waals surface area contributed by atoms with Gasteiger partial charge in [0, 0.05) is 68.0 Å². The van der Waals surface area contributed by atoms with Gasteiger partial charge in [0.2, 0.25) is 5.28 Å². The van der Waals surface area contributed by atoms with Crippen LogP contribution in [0.25, 0.3) is 5.82 Å². The molecule has 8 rings (SSSR count). The van der Waals surface area contributed by atoms with Crippen molar-refractivity contribution in [3.63, 3.8) is 0 Å². The van der Waals surface area contributed by atoms with Crippen LogP contribution in [0.2, 0.25) is 5.28 Å². The Balaban J connectivity index is 0.000000199. The molecule has 0 atom stereocenters. The summed E-state index contributed by atoms with van der Waals surface area (Å²) in [5, 5.41) is 6.22. The lowest BCUT2D eigenvalue weighted by molar-refractivity contribution is 0.410. The van der Waals surface area contributed by atoms with Crippen LogP contribution >= 0.6 is 11.6 Å². The van der Waals surface area contributed by atoms with Gasteiger partial charge in [0.1, 0.15) is 35.4 Å². The summed E-state index contributed by atoms with van der Waals surface area (Å²) in [5.74, 6) is 0.468. The Hall–Kier alpha value is -6.03. The predicted octanol–water partition coefficient (Wildman–Crippen LogP) is 8.59. The fourth-order valence-corrected chi connectivity index (χ4v) is 7.70. The van der Waals surface area contributed by atoms with Gasteiger partial charge in [0.15, 0.2) is 34.8 Å². The second kappa shape index (κ2) is 15.4. The molecule has 0 radical (unpaired) electrons. The average molecular weight is 816 g/mol. The number of benzene rings is 2. The predicted molar refractivity (Wildman–Crippen MR) is 216 cm³/mol. The normalized spacial score (nSPS) is 14.8. The number of fused-ring (bicyclic) bond motifs is 2. The molecule has 2 aromatic carbocycles. The maximum absolute atomic E-state index is 14.8. The van der Waals surface area contributed by atoms with Gasteiger partial charge in [-0.3, -0.25) is 4.57 Å². The summed E-state index contributed by atoms with van der Waals surface area (Å²) >= 11 is 5.97. The molecule has 12 nitrogen and oxygen atoms in total. The first kappa shape index (κ1) is 40.2. The summed E-state index contributed by atoms with van der Waals surface area (Å²) in [6.45, 7) is 10.9. The Kier molecular flexibility index (Phi) is 10.7. The molecule has 6 heterocycles. The van der Waals surface area contributed by atoms with E-state index in [1.54, 1.807) is 54.2 Å². The zero-order chi connectivity index (χ0) is 41.7. The molecule has 2 aliphatic heterocycles. The standard InChI is InChI=1S/C26H27F2N7O.C15H15ClF2N4/c1-15-12-34(14-31-15)24-19(36-5)9-16(11-30-24)10-20-32-23(29-4)21-25(33-20)35(13-26(21,2)3)18-8-6-7-17(27)22(18)28;1-15(2)7-22(9-6-4-5-8(17)11(9)18)13-10(15)12(19-3)20-14(16)21-13/h6-9,11-12,14H,10,13H2,1-5H3,(H,29,32,33);4-6H,7H2,1-3H3,(H,19,20,21). The highest BCUT2D eigenvalue weighted by molar-refractivity contribution is 6.28. The summed E-state index contributed by atoms with van der Waals surface area (Å²) in [7, 11) is 5.12. The van der Waals surface area contributed by atoms with Gasteiger partial charge < -0.3 is 25.2 Å². The third kappa shape index (κ3) is 7.32. The van der Waals surface area contributed by atoms with Crippen molar-refractivity contribution in [2.24, 2.45) is 0 Å². The Morgan fingerprint density at radius 2 is 1.31 bits per heavy atom. The van der Waals surface area contributed by atoms with E-state index in [2.05, 4.69) is 30.6 Å². The number of anilines is 6. The molecule has 2 N–H and O–H groups in total. The van der Waals surface area contributed by atoms with Crippen LogP contribution < -0.4 is 25.2 Å². The third-order valence-corrected chi connectivity index (χ3v) is 10.3. The number of aryl methyl sites for hydroxylation is 1. The van der Waals surface area contributed by atoms with Crippen LogP contribution in [0, 0.1) is 30.2 Å². The van der Waals surface area contributed by atoms with Crippen molar-refractivity contribution in [3.05, 3.63) is 118 Å². The SMILES string of the molecule is CNc1nc(Cc2cnc(-n3cnc(C)c3)c(OC)c2)nc2c1C(C)(C)CN2c1cccc(F)c1F.CNc1nc(Cl)nc2c1C(C)(C)CN2c1cccc(F)c1F. The second-order valence-electron chi connectivity index (χ2n) is 15.3. The Labute approximate surface area is 338 Å². The maximum atomic E-state index is 14.8. The molecule has 0 unspecified atom stereocenters. The van der Waals surface area contributed by atoms with E-state index >= 15 is 0 Å². The number of hydrogen-bond acceptors (Lipinski definition) is 11. The van der Waals surface area contributed by atoms with Crippen LogP contribution in [0.3, 0.4) is 0 Å². The van der Waals surface area contributed by atoms with E-state index in [-0.39, 0.29) is 27.5 Å². The quantitative estimate of drug-likeness (QED) is 0.114. The van der Waals surface area contributed by atoms with Crippen molar-refractivity contribution in [2.75, 3.05) is 54.7 Å². The molecule has 302 valence electrons. The summed E-state index contributed by atoms with van der Waals surface area (Å²) in [4.78, 5) is 30.2. The zero-order valence-corrected chi connectivity index (χ0v) is 34.0. The molecule has 17 heteroatoms. The third-order valence-electron chi connectivity index (χ3n) is 10.1. The highest BCUT2D eigenvalue weighted by Crippen LogP contribution is 2.48. The topological polar surface area (TPSA) is 122 Å². The average Bonchev–Trinajstić information content (AvgIpc) is 3.83. The van der Waals surface area contributed by atoms with E-state index in [9.17, 15) is 17.6 Å². The first-order chi connectivity index (χ1) is 27.6. The minimum absolute atomic E-state index is 0.0580. The highest BCUT2D eigenvalue weighted by Gasteiger charge is 2.43. The fraction of sp³-hybridized carbons (Fsp3) is 0.317. The van der Waals surface area contributed by atoms with Gasteiger partial charge in [-0.05, 0) is 54.4 Å². The molecular formula is C41H42ClF4N11O. The smallest absolute Gasteiger partial charge is 0.226 e. The first-order valence-electron chi connectivity index (χ1n) is 18.4. The van der Waals surface area contributed by atoms with Crippen LogP contribution in [-0.4, -0.2) is 68.8 Å². The van der Waals surface area contributed by atoms with Crippen LogP contribution in [0.4, 0.5) is 52.2 Å². The molecule has 4 aromatic heterocycles. The highest BCUT2D eigenvalue weighted by atomic mass is 35.5. The van der Waals surface area contributed by atoms with E-state index in [0.29, 0.717) is 60.2 Å². The van der Waals surface area contributed by atoms with Gasteiger partial charge in [-0.25, -0.2) is 42.5 Å². The van der Waals surface area contributed by atoms with E-state index in [1.165, 1.54) is 18.2 Å². The van der Waals surface area contributed by atoms with Crippen LogP contribution in [-0.2, 0) is 17.3 Å². The Bertz CT molecular complexity index is 2530. The molecule has 0 bridgehead atoms. The van der Waals surface area contributed by atoms with E-state index in [1.807, 2.05) is 46.9 Å². The largest absolute Gasteiger partial charge is 0.493 e. The monoisotopic (exact) mass is 815 g/mol.